The molecule has 1 aliphatic heterocycles. The summed E-state index contributed by atoms with van der Waals surface area (Å²) < 4.78 is 6.71. The van der Waals surface area contributed by atoms with Crippen molar-refractivity contribution >= 4 is 17.5 Å². The zero-order chi connectivity index (χ0) is 24.3. The van der Waals surface area contributed by atoms with Crippen LogP contribution >= 0.6 is 11.6 Å². The fourth-order valence-electron chi connectivity index (χ4n) is 5.98. The normalized spacial score (nSPS) is 29.0. The van der Waals surface area contributed by atoms with Gasteiger partial charge in [-0.05, 0) is 23.3 Å². The second-order valence-electron chi connectivity index (χ2n) is 9.22. The Labute approximate surface area is 203 Å². The third-order valence-electron chi connectivity index (χ3n) is 7.41. The van der Waals surface area contributed by atoms with Crippen molar-refractivity contribution in [1.29, 1.82) is 5.26 Å². The average molecular weight is 474 g/mol. The van der Waals surface area contributed by atoms with Gasteiger partial charge in [-0.25, -0.2) is 0 Å². The molecule has 172 valence electrons. The van der Waals surface area contributed by atoms with Crippen molar-refractivity contribution in [3.63, 3.8) is 0 Å². The molecule has 1 fully saturated rings. The maximum atomic E-state index is 13.7. The Bertz CT molecular complexity index is 1300. The van der Waals surface area contributed by atoms with Crippen LogP contribution in [0.5, 0.6) is 5.75 Å². The molecule has 2 aromatic carbocycles. The van der Waals surface area contributed by atoms with E-state index in [1.807, 2.05) is 37.3 Å². The number of hydrogen-bond acceptors (Lipinski definition) is 5. The van der Waals surface area contributed by atoms with E-state index in [0.29, 0.717) is 22.4 Å². The highest BCUT2D eigenvalue weighted by molar-refractivity contribution is 6.31. The van der Waals surface area contributed by atoms with Crippen LogP contribution in [0.2, 0.25) is 5.02 Å². The summed E-state index contributed by atoms with van der Waals surface area (Å²) in [6, 6.07) is 18.8. The zero-order valence-electron chi connectivity index (χ0n) is 19.1. The van der Waals surface area contributed by atoms with E-state index in [-0.39, 0.29) is 10.9 Å². The Morgan fingerprint density at radius 2 is 1.82 bits per heavy atom. The summed E-state index contributed by atoms with van der Waals surface area (Å²) >= 11 is 6.63. The first-order valence-corrected chi connectivity index (χ1v) is 11.5. The second kappa shape index (κ2) is 7.83. The molecular formula is C27H24ClN3O3. The van der Waals surface area contributed by atoms with Gasteiger partial charge < -0.3 is 14.7 Å². The van der Waals surface area contributed by atoms with Gasteiger partial charge in [-0.3, -0.25) is 9.78 Å². The van der Waals surface area contributed by atoms with Gasteiger partial charge in [0.15, 0.2) is 5.60 Å². The van der Waals surface area contributed by atoms with Crippen LogP contribution in [-0.4, -0.2) is 35.0 Å². The Hall–Kier alpha value is -3.40. The third kappa shape index (κ3) is 2.78. The van der Waals surface area contributed by atoms with Gasteiger partial charge in [0.1, 0.15) is 11.4 Å². The van der Waals surface area contributed by atoms with Crippen LogP contribution in [0.15, 0.2) is 67.0 Å². The molecule has 0 radical (unpaired) electrons. The number of amides is 1. The van der Waals surface area contributed by atoms with Gasteiger partial charge in [0.2, 0.25) is 5.91 Å². The van der Waals surface area contributed by atoms with Gasteiger partial charge in [-0.2, -0.15) is 5.26 Å². The third-order valence-corrected chi connectivity index (χ3v) is 7.69. The van der Waals surface area contributed by atoms with Crippen LogP contribution in [0.4, 0.5) is 0 Å². The van der Waals surface area contributed by atoms with E-state index in [0.717, 1.165) is 5.56 Å². The molecule has 2 heterocycles. The highest BCUT2D eigenvalue weighted by atomic mass is 35.5. The summed E-state index contributed by atoms with van der Waals surface area (Å²) in [5.74, 6) is -1.41. The molecule has 1 saturated carbocycles. The number of nitriles is 1. The highest BCUT2D eigenvalue weighted by Crippen LogP contribution is 2.71. The molecule has 2 aliphatic rings. The summed E-state index contributed by atoms with van der Waals surface area (Å²) in [6.45, 7) is 1.88. The molecule has 0 spiro atoms. The Morgan fingerprint density at radius 1 is 1.15 bits per heavy atom. The number of hydrogen-bond donors (Lipinski definition) is 1. The lowest BCUT2D eigenvalue weighted by molar-refractivity contribution is -0.136. The largest absolute Gasteiger partial charge is 0.476 e. The first kappa shape index (κ1) is 22.4. The van der Waals surface area contributed by atoms with E-state index in [1.54, 1.807) is 49.5 Å². The summed E-state index contributed by atoms with van der Waals surface area (Å²) in [5.41, 5.74) is -0.540. The number of benzene rings is 2. The van der Waals surface area contributed by atoms with Crippen molar-refractivity contribution in [2.45, 2.75) is 24.0 Å². The molecule has 1 N–H and O–H groups in total. The smallest absolute Gasteiger partial charge is 0.226 e. The highest BCUT2D eigenvalue weighted by Gasteiger charge is 2.76. The van der Waals surface area contributed by atoms with Crippen molar-refractivity contribution in [2.75, 3.05) is 14.1 Å². The number of pyridine rings is 1. The van der Waals surface area contributed by atoms with E-state index < -0.39 is 29.0 Å². The van der Waals surface area contributed by atoms with Crippen LogP contribution in [0, 0.1) is 23.2 Å². The number of nitrogens with zero attached hydrogens (tertiary/aromatic N) is 3. The van der Waals surface area contributed by atoms with Gasteiger partial charge in [0.25, 0.3) is 0 Å². The molecule has 1 amide bonds. The molecule has 1 aliphatic carbocycles. The lowest BCUT2D eigenvalue weighted by Crippen LogP contribution is -2.50. The monoisotopic (exact) mass is 473 g/mol. The fourth-order valence-corrected chi connectivity index (χ4v) is 6.27. The molecule has 0 saturated heterocycles. The number of aliphatic hydroxyl groups is 1. The topological polar surface area (TPSA) is 86.5 Å². The van der Waals surface area contributed by atoms with E-state index in [4.69, 9.17) is 16.3 Å². The molecule has 0 unspecified atom stereocenters. The SMILES string of the molecule is C[C@@H]1[C@H](C(=O)N(C)C)[C@@H](c2ccccc2)[C@]2(c3ccc(C#N)cc3)Oc3cncc(Cl)c3[C@]12O. The van der Waals surface area contributed by atoms with Crippen molar-refractivity contribution in [1.82, 2.24) is 9.88 Å². The average Bonchev–Trinajstić information content (AvgIpc) is 3.23. The summed E-state index contributed by atoms with van der Waals surface area (Å²) in [7, 11) is 3.44. The standard InChI is InChI=1S/C27H24ClN3O3/c1-16-22(25(32)31(2)3)23(18-7-5-4-6-8-18)27(19-11-9-17(13-29)10-12-19)26(16,33)24-20(28)14-30-15-21(24)34-27/h4-12,14-16,22-23,33H,1-3H3/t16-,22+,23-,26-,27+/m1/s1. The van der Waals surface area contributed by atoms with E-state index in [1.165, 1.54) is 6.20 Å². The molecular weight excluding hydrogens is 450 g/mol. The molecule has 5 atom stereocenters. The molecule has 5 rings (SSSR count). The van der Waals surface area contributed by atoms with Crippen LogP contribution in [0.1, 0.15) is 35.1 Å². The number of carbonyl (C=O) groups is 1. The fraction of sp³-hybridized carbons (Fsp3) is 0.296. The van der Waals surface area contributed by atoms with Gasteiger partial charge in [0, 0.05) is 32.1 Å². The first-order chi connectivity index (χ1) is 16.3. The Kier molecular flexibility index (Phi) is 5.16. The Balaban J connectivity index is 1.88. The predicted octanol–water partition coefficient (Wildman–Crippen LogP) is 4.22. The maximum Gasteiger partial charge on any atom is 0.226 e. The lowest BCUT2D eigenvalue weighted by atomic mass is 9.70. The van der Waals surface area contributed by atoms with Crippen molar-refractivity contribution in [3.8, 4) is 11.8 Å². The molecule has 3 aromatic rings. The number of carbonyl (C=O) groups excluding carboxylic acids is 1. The molecule has 0 bridgehead atoms. The van der Waals surface area contributed by atoms with Gasteiger partial charge in [0.05, 0.1) is 34.3 Å². The van der Waals surface area contributed by atoms with Crippen LogP contribution in [0.25, 0.3) is 0 Å². The van der Waals surface area contributed by atoms with Gasteiger partial charge in [-0.15, -0.1) is 0 Å². The van der Waals surface area contributed by atoms with Gasteiger partial charge in [-0.1, -0.05) is 61.0 Å². The summed E-state index contributed by atoms with van der Waals surface area (Å²) in [6.07, 6.45) is 3.04. The van der Waals surface area contributed by atoms with Crippen molar-refractivity contribution < 1.29 is 14.6 Å². The number of halogens is 1. The number of aromatic nitrogens is 1. The second-order valence-corrected chi connectivity index (χ2v) is 9.63. The molecule has 1 aromatic heterocycles. The van der Waals surface area contributed by atoms with E-state index in [9.17, 15) is 15.2 Å². The minimum absolute atomic E-state index is 0.104. The minimum atomic E-state index is -1.63. The van der Waals surface area contributed by atoms with E-state index in [2.05, 4.69) is 11.1 Å². The predicted molar refractivity (Wildman–Crippen MR) is 127 cm³/mol. The number of rotatable bonds is 3. The first-order valence-electron chi connectivity index (χ1n) is 11.1. The lowest BCUT2D eigenvalue weighted by Gasteiger charge is -2.41. The quantitative estimate of drug-likeness (QED) is 0.615. The number of ether oxygens (including phenoxy) is 1. The van der Waals surface area contributed by atoms with E-state index >= 15 is 0 Å². The molecule has 7 heteroatoms. The van der Waals surface area contributed by atoms with Gasteiger partial charge >= 0.3 is 0 Å². The maximum absolute atomic E-state index is 13.7. The zero-order valence-corrected chi connectivity index (χ0v) is 19.8. The summed E-state index contributed by atoms with van der Waals surface area (Å²) in [4.78, 5) is 19.4. The molecule has 34 heavy (non-hydrogen) atoms. The minimum Gasteiger partial charge on any atom is -0.476 e. The van der Waals surface area contributed by atoms with Crippen LogP contribution in [-0.2, 0) is 16.0 Å². The van der Waals surface area contributed by atoms with Crippen molar-refractivity contribution in [2.24, 2.45) is 11.8 Å². The van der Waals surface area contributed by atoms with Crippen LogP contribution in [0.3, 0.4) is 0 Å². The summed E-state index contributed by atoms with van der Waals surface area (Å²) in [5, 5.41) is 22.4. The number of fused-ring (bicyclic) bond motifs is 3. The Morgan fingerprint density at radius 3 is 2.44 bits per heavy atom. The van der Waals surface area contributed by atoms with Crippen molar-refractivity contribution in [3.05, 3.63) is 94.3 Å². The molecule has 6 nitrogen and oxygen atoms in total. The van der Waals surface area contributed by atoms with Crippen LogP contribution < -0.4 is 4.74 Å².